The lowest BCUT2D eigenvalue weighted by Crippen LogP contribution is -2.07. The largest absolute Gasteiger partial charge is 0.497 e. The van der Waals surface area contributed by atoms with Gasteiger partial charge in [-0.3, -0.25) is 9.59 Å². The van der Waals surface area contributed by atoms with E-state index in [0.717, 1.165) is 22.3 Å². The number of pyridine rings is 1. The van der Waals surface area contributed by atoms with Crippen molar-refractivity contribution >= 4 is 22.8 Å². The SMILES string of the molecule is COc1ccc(C(=O)c2cc(-c3ccc(N(C)C)cc3)c3cc(C(C)=O)ccn23)cc1. The molecule has 0 aliphatic heterocycles. The van der Waals surface area contributed by atoms with Gasteiger partial charge in [-0.1, -0.05) is 12.1 Å². The molecule has 5 nitrogen and oxygen atoms in total. The molecule has 31 heavy (non-hydrogen) atoms. The molecule has 0 aliphatic carbocycles. The Kier molecular flexibility index (Phi) is 5.34. The number of ketones is 2. The van der Waals surface area contributed by atoms with Crippen LogP contribution in [-0.2, 0) is 0 Å². The van der Waals surface area contributed by atoms with E-state index in [1.54, 1.807) is 50.6 Å². The van der Waals surface area contributed by atoms with E-state index in [0.29, 0.717) is 22.6 Å². The molecule has 0 saturated heterocycles. The average molecular weight is 412 g/mol. The summed E-state index contributed by atoms with van der Waals surface area (Å²) in [5.41, 5.74) is 5.53. The summed E-state index contributed by atoms with van der Waals surface area (Å²) < 4.78 is 7.05. The van der Waals surface area contributed by atoms with E-state index >= 15 is 0 Å². The van der Waals surface area contributed by atoms with E-state index in [4.69, 9.17) is 4.74 Å². The second-order valence-electron chi connectivity index (χ2n) is 7.67. The number of fused-ring (bicyclic) bond motifs is 1. The fraction of sp³-hybridized carbons (Fsp3) is 0.154. The van der Waals surface area contributed by atoms with Gasteiger partial charge < -0.3 is 14.0 Å². The second-order valence-corrected chi connectivity index (χ2v) is 7.67. The van der Waals surface area contributed by atoms with Crippen molar-refractivity contribution in [2.45, 2.75) is 6.92 Å². The van der Waals surface area contributed by atoms with Gasteiger partial charge in [-0.2, -0.15) is 0 Å². The first-order valence-corrected chi connectivity index (χ1v) is 10.0. The number of Topliss-reactive ketones (excluding diaryl/α,β-unsaturated/α-hetero) is 1. The van der Waals surface area contributed by atoms with Crippen molar-refractivity contribution in [1.29, 1.82) is 0 Å². The Morgan fingerprint density at radius 1 is 0.871 bits per heavy atom. The Hall–Kier alpha value is -3.86. The van der Waals surface area contributed by atoms with Crippen LogP contribution >= 0.6 is 0 Å². The zero-order valence-corrected chi connectivity index (χ0v) is 18.0. The molecule has 5 heteroatoms. The predicted octanol–water partition coefficient (Wildman–Crippen LogP) is 5.11. The number of anilines is 1. The molecule has 0 atom stereocenters. The van der Waals surface area contributed by atoms with Gasteiger partial charge in [-0.15, -0.1) is 0 Å². The van der Waals surface area contributed by atoms with E-state index in [-0.39, 0.29) is 11.6 Å². The van der Waals surface area contributed by atoms with Crippen LogP contribution in [-0.4, -0.2) is 37.2 Å². The fourth-order valence-corrected chi connectivity index (χ4v) is 3.65. The van der Waals surface area contributed by atoms with E-state index in [9.17, 15) is 9.59 Å². The number of methoxy groups -OCH3 is 1. The third-order valence-corrected chi connectivity index (χ3v) is 5.46. The number of carbonyl (C=O) groups is 2. The van der Waals surface area contributed by atoms with Gasteiger partial charge in [0.2, 0.25) is 5.78 Å². The van der Waals surface area contributed by atoms with Gasteiger partial charge in [-0.05, 0) is 67.1 Å². The summed E-state index contributed by atoms with van der Waals surface area (Å²) in [5.74, 6) is 0.592. The van der Waals surface area contributed by atoms with Crippen molar-refractivity contribution < 1.29 is 14.3 Å². The Labute approximate surface area is 181 Å². The number of aromatic nitrogens is 1. The summed E-state index contributed by atoms with van der Waals surface area (Å²) in [7, 11) is 5.58. The normalized spacial score (nSPS) is 10.8. The van der Waals surface area contributed by atoms with Crippen LogP contribution in [0.2, 0.25) is 0 Å². The summed E-state index contributed by atoms with van der Waals surface area (Å²) >= 11 is 0. The van der Waals surface area contributed by atoms with Gasteiger partial charge in [0.25, 0.3) is 0 Å². The number of ether oxygens (including phenoxy) is 1. The Morgan fingerprint density at radius 2 is 1.55 bits per heavy atom. The summed E-state index contributed by atoms with van der Waals surface area (Å²) in [6.07, 6.45) is 1.79. The first-order valence-electron chi connectivity index (χ1n) is 10.0. The van der Waals surface area contributed by atoms with Crippen LogP contribution in [0.25, 0.3) is 16.6 Å². The van der Waals surface area contributed by atoms with Crippen molar-refractivity contribution in [1.82, 2.24) is 4.40 Å². The lowest BCUT2D eigenvalue weighted by Gasteiger charge is -2.12. The van der Waals surface area contributed by atoms with Gasteiger partial charge in [-0.25, -0.2) is 0 Å². The Morgan fingerprint density at radius 3 is 2.13 bits per heavy atom. The van der Waals surface area contributed by atoms with E-state index < -0.39 is 0 Å². The van der Waals surface area contributed by atoms with Crippen molar-refractivity contribution in [3.05, 3.63) is 89.7 Å². The third kappa shape index (κ3) is 3.82. The summed E-state index contributed by atoms with van der Waals surface area (Å²) in [4.78, 5) is 27.4. The van der Waals surface area contributed by atoms with E-state index in [1.165, 1.54) is 0 Å². The third-order valence-electron chi connectivity index (χ3n) is 5.46. The van der Waals surface area contributed by atoms with Crippen LogP contribution in [0.15, 0.2) is 72.9 Å². The minimum Gasteiger partial charge on any atom is -0.497 e. The van der Waals surface area contributed by atoms with Crippen molar-refractivity contribution in [2.75, 3.05) is 26.1 Å². The molecule has 0 aliphatic rings. The molecule has 0 N–H and O–H groups in total. The average Bonchev–Trinajstić information content (AvgIpc) is 3.17. The van der Waals surface area contributed by atoms with Gasteiger partial charge in [0.05, 0.1) is 18.3 Å². The van der Waals surface area contributed by atoms with Crippen molar-refractivity contribution in [3.8, 4) is 16.9 Å². The second kappa shape index (κ2) is 8.11. The number of benzene rings is 2. The van der Waals surface area contributed by atoms with Gasteiger partial charge in [0, 0.05) is 42.7 Å². The van der Waals surface area contributed by atoms with Crippen LogP contribution in [0, 0.1) is 0 Å². The maximum atomic E-state index is 13.3. The molecule has 0 radical (unpaired) electrons. The number of hydrogen-bond acceptors (Lipinski definition) is 4. The molecule has 0 fully saturated rings. The van der Waals surface area contributed by atoms with Crippen LogP contribution in [0.5, 0.6) is 5.75 Å². The minimum atomic E-state index is -0.0932. The molecule has 4 rings (SSSR count). The van der Waals surface area contributed by atoms with Crippen LogP contribution < -0.4 is 9.64 Å². The molecule has 0 saturated carbocycles. The monoisotopic (exact) mass is 412 g/mol. The van der Waals surface area contributed by atoms with E-state index in [2.05, 4.69) is 0 Å². The van der Waals surface area contributed by atoms with Crippen molar-refractivity contribution in [3.63, 3.8) is 0 Å². The zero-order valence-electron chi connectivity index (χ0n) is 18.0. The molecule has 2 aromatic heterocycles. The lowest BCUT2D eigenvalue weighted by molar-refractivity contribution is 0.101. The molecular weight excluding hydrogens is 388 g/mol. The number of carbonyl (C=O) groups excluding carboxylic acids is 2. The zero-order chi connectivity index (χ0) is 22.1. The molecule has 0 amide bonds. The van der Waals surface area contributed by atoms with Crippen LogP contribution in [0.1, 0.15) is 33.3 Å². The molecule has 4 aromatic rings. The van der Waals surface area contributed by atoms with Crippen molar-refractivity contribution in [2.24, 2.45) is 0 Å². The quantitative estimate of drug-likeness (QED) is 0.413. The highest BCUT2D eigenvalue weighted by Crippen LogP contribution is 2.31. The molecule has 2 aromatic carbocycles. The molecule has 156 valence electrons. The van der Waals surface area contributed by atoms with E-state index in [1.807, 2.05) is 59.8 Å². The molecule has 0 bridgehead atoms. The Balaban J connectivity index is 1.88. The maximum Gasteiger partial charge on any atom is 0.209 e. The standard InChI is InChI=1S/C26H24N2O3/c1-17(29)20-13-14-28-24(15-20)23(18-5-9-21(10-6-18)27(2)3)16-25(28)26(30)19-7-11-22(31-4)12-8-19/h5-16H,1-4H3. The molecule has 0 spiro atoms. The van der Waals surface area contributed by atoms with Gasteiger partial charge in [0.1, 0.15) is 5.75 Å². The smallest absolute Gasteiger partial charge is 0.209 e. The fourth-order valence-electron chi connectivity index (χ4n) is 3.65. The number of nitrogens with zero attached hydrogens (tertiary/aromatic N) is 2. The highest BCUT2D eigenvalue weighted by molar-refractivity contribution is 6.10. The first-order chi connectivity index (χ1) is 14.9. The highest BCUT2D eigenvalue weighted by Gasteiger charge is 2.19. The number of rotatable bonds is 6. The highest BCUT2D eigenvalue weighted by atomic mass is 16.5. The molecule has 0 unspecified atom stereocenters. The lowest BCUT2D eigenvalue weighted by atomic mass is 10.0. The van der Waals surface area contributed by atoms with Crippen LogP contribution in [0.3, 0.4) is 0 Å². The number of hydrogen-bond donors (Lipinski definition) is 0. The first kappa shape index (κ1) is 20.4. The Bertz CT molecular complexity index is 1270. The van der Waals surface area contributed by atoms with Gasteiger partial charge >= 0.3 is 0 Å². The minimum absolute atomic E-state index is 0.0133. The summed E-state index contributed by atoms with van der Waals surface area (Å²) in [5, 5.41) is 0. The summed E-state index contributed by atoms with van der Waals surface area (Å²) in [6, 6.07) is 20.7. The predicted molar refractivity (Wildman–Crippen MR) is 124 cm³/mol. The summed E-state index contributed by atoms with van der Waals surface area (Å²) in [6.45, 7) is 1.55. The molecule has 2 heterocycles. The molecular formula is C26H24N2O3. The van der Waals surface area contributed by atoms with Gasteiger partial charge in [0.15, 0.2) is 5.78 Å². The topological polar surface area (TPSA) is 51.0 Å². The van der Waals surface area contributed by atoms with Crippen LogP contribution in [0.4, 0.5) is 5.69 Å². The maximum absolute atomic E-state index is 13.3.